The van der Waals surface area contributed by atoms with Crippen LogP contribution in [-0.4, -0.2) is 65.7 Å². The van der Waals surface area contributed by atoms with Crippen LogP contribution in [0.2, 0.25) is 0 Å². The number of hydrogen-bond acceptors (Lipinski definition) is 4. The van der Waals surface area contributed by atoms with Gasteiger partial charge in [-0.15, -0.1) is 47.0 Å². The first kappa shape index (κ1) is 27.1. The minimum absolute atomic E-state index is 0. The second kappa shape index (κ2) is 13.6. The van der Waals surface area contributed by atoms with Gasteiger partial charge in [-0.3, -0.25) is 0 Å². The van der Waals surface area contributed by atoms with Crippen LogP contribution < -0.4 is 0 Å². The van der Waals surface area contributed by atoms with Gasteiger partial charge in [-0.05, 0) is 0 Å². The minimum atomic E-state index is -2.71. The first-order valence-corrected chi connectivity index (χ1v) is 11.3. The third-order valence-electron chi connectivity index (χ3n) is 3.36. The monoisotopic (exact) mass is 400 g/mol. The molecule has 0 aliphatic carbocycles. The predicted molar refractivity (Wildman–Crippen MR) is 103 cm³/mol. The van der Waals surface area contributed by atoms with Crippen LogP contribution in [-0.2, 0) is 0 Å². The highest BCUT2D eigenvalue weighted by Gasteiger charge is 2.47. The molecule has 9 heteroatoms. The molecule has 0 radical (unpaired) electrons. The summed E-state index contributed by atoms with van der Waals surface area (Å²) in [5.41, 5.74) is 0. The highest BCUT2D eigenvalue weighted by Crippen LogP contribution is 2.28. The molecule has 0 saturated heterocycles. The van der Waals surface area contributed by atoms with E-state index in [4.69, 9.17) is 22.2 Å². The fraction of sp³-hybridized carbons (Fsp3) is 1.00. The topological polar surface area (TPSA) is 13.0 Å². The lowest BCUT2D eigenvalue weighted by molar-refractivity contribution is 0.0133. The van der Waals surface area contributed by atoms with Crippen LogP contribution in [0.15, 0.2) is 0 Å². The van der Waals surface area contributed by atoms with Crippen LogP contribution in [0.25, 0.3) is 0 Å². The molecule has 0 fully saturated rings. The summed E-state index contributed by atoms with van der Waals surface area (Å²) in [6.07, 6.45) is 0. The van der Waals surface area contributed by atoms with E-state index in [1.165, 1.54) is 0 Å². The van der Waals surface area contributed by atoms with Gasteiger partial charge in [-0.25, -0.2) is 19.4 Å². The van der Waals surface area contributed by atoms with Crippen LogP contribution in [0, 0.1) is 0 Å². The first-order chi connectivity index (χ1) is 8.94. The summed E-state index contributed by atoms with van der Waals surface area (Å²) in [5, 5.41) is 4.47. The van der Waals surface area contributed by atoms with Crippen molar-refractivity contribution >= 4 is 54.0 Å². The van der Waals surface area contributed by atoms with Crippen molar-refractivity contribution in [3.05, 3.63) is 0 Å². The number of hydrazine groups is 2. The Kier molecular flexibility index (Phi) is 17.6. The third kappa shape index (κ3) is 7.10. The lowest BCUT2D eigenvalue weighted by Gasteiger charge is -2.47. The Morgan fingerprint density at radius 2 is 0.810 bits per heavy atom. The molecule has 0 heterocycles. The van der Waals surface area contributed by atoms with Crippen molar-refractivity contribution in [2.45, 2.75) is 41.5 Å². The van der Waals surface area contributed by atoms with Gasteiger partial charge in [-0.1, -0.05) is 41.5 Å². The third-order valence-corrected chi connectivity index (χ3v) is 8.14. The van der Waals surface area contributed by atoms with Gasteiger partial charge in [0.25, 0.3) is 0 Å². The molecule has 0 amide bonds. The average Bonchev–Trinajstić information content (AvgIpc) is 2.40. The van der Waals surface area contributed by atoms with Crippen LogP contribution in [0.1, 0.15) is 41.5 Å². The Balaban J connectivity index is -0.00000162. The molecule has 132 valence electrons. The van der Waals surface area contributed by atoms with Crippen LogP contribution >= 0.6 is 47.0 Å². The van der Waals surface area contributed by atoms with E-state index in [9.17, 15) is 0 Å². The zero-order valence-corrected chi connectivity index (χ0v) is 18.2. The zero-order chi connectivity index (χ0) is 15.1. The maximum absolute atomic E-state index is 6.85. The number of halogens is 4. The molecule has 0 atom stereocenters. The summed E-state index contributed by atoms with van der Waals surface area (Å²) in [5.74, 6) is 0. The molecule has 21 heavy (non-hydrogen) atoms. The van der Waals surface area contributed by atoms with E-state index in [0.29, 0.717) is 0 Å². The van der Waals surface area contributed by atoms with E-state index >= 15 is 0 Å². The van der Waals surface area contributed by atoms with Gasteiger partial charge in [0, 0.05) is 39.3 Å². The molecule has 0 aromatic rings. The van der Waals surface area contributed by atoms with Crippen LogP contribution in [0.3, 0.4) is 0 Å². The molecule has 0 bridgehead atoms. The van der Waals surface area contributed by atoms with Gasteiger partial charge < -0.3 is 0 Å². The summed E-state index contributed by atoms with van der Waals surface area (Å²) in [6, 6.07) is 0. The zero-order valence-electron chi connectivity index (χ0n) is 14.1. The van der Waals surface area contributed by atoms with E-state index in [0.717, 1.165) is 39.3 Å². The van der Waals surface area contributed by atoms with E-state index in [1.807, 2.05) is 0 Å². The molecule has 0 spiro atoms. The molecule has 0 aromatic heterocycles. The molecule has 0 aliphatic heterocycles. The fourth-order valence-electron chi connectivity index (χ4n) is 2.38. The van der Waals surface area contributed by atoms with Crippen molar-refractivity contribution < 1.29 is 0 Å². The van der Waals surface area contributed by atoms with Crippen LogP contribution in [0.5, 0.6) is 0 Å². The standard InChI is InChI=1S/C12H30Cl2N4Si.2ClH/c1-7-15(8-2)17(11-5)19(13,14)18(12-6)16(9-3)10-4;;/h7-12H2,1-6H3;2*1H. The first-order valence-electron chi connectivity index (χ1n) is 7.37. The van der Waals surface area contributed by atoms with Gasteiger partial charge >= 0.3 is 7.02 Å². The Bertz CT molecular complexity index is 219. The molecular formula is C12H32Cl4N4Si. The predicted octanol–water partition coefficient (Wildman–Crippen LogP) is 3.90. The SMILES string of the molecule is CCN(CC)N(CC)[Si](Cl)(Cl)N(CC)N(CC)CC.Cl.Cl. The smallest absolute Gasteiger partial charge is 0.246 e. The van der Waals surface area contributed by atoms with Gasteiger partial charge in [-0.2, -0.15) is 0 Å². The second-order valence-corrected chi connectivity index (χ2v) is 10.0. The van der Waals surface area contributed by atoms with Crippen molar-refractivity contribution in [1.82, 2.24) is 19.4 Å². The van der Waals surface area contributed by atoms with Crippen molar-refractivity contribution in [2.24, 2.45) is 0 Å². The Labute approximate surface area is 154 Å². The molecular weight excluding hydrogens is 370 g/mol. The molecule has 0 aliphatic rings. The lowest BCUT2D eigenvalue weighted by atomic mass is 10.6. The minimum Gasteiger partial charge on any atom is -0.246 e. The molecule has 0 saturated carbocycles. The van der Waals surface area contributed by atoms with E-state index in [2.05, 4.69) is 60.9 Å². The molecule has 0 N–H and O–H groups in total. The average molecular weight is 402 g/mol. The van der Waals surface area contributed by atoms with Crippen molar-refractivity contribution in [2.75, 3.05) is 39.3 Å². The van der Waals surface area contributed by atoms with Crippen molar-refractivity contribution in [3.8, 4) is 0 Å². The number of rotatable bonds is 10. The maximum Gasteiger partial charge on any atom is 0.436 e. The highest BCUT2D eigenvalue weighted by molar-refractivity contribution is 7.42. The second-order valence-electron chi connectivity index (χ2n) is 4.22. The van der Waals surface area contributed by atoms with Crippen LogP contribution in [0.4, 0.5) is 0 Å². The molecule has 4 nitrogen and oxygen atoms in total. The summed E-state index contributed by atoms with van der Waals surface area (Å²) in [4.78, 5) is 0. The van der Waals surface area contributed by atoms with Gasteiger partial charge in [0.15, 0.2) is 0 Å². The molecule has 0 aromatic carbocycles. The van der Waals surface area contributed by atoms with E-state index < -0.39 is 7.02 Å². The lowest BCUT2D eigenvalue weighted by Crippen LogP contribution is -2.67. The summed E-state index contributed by atoms with van der Waals surface area (Å²) < 4.78 is 4.33. The quantitative estimate of drug-likeness (QED) is 0.312. The Hall–Kier alpha value is 1.22. The number of hydrogen-bond donors (Lipinski definition) is 0. The van der Waals surface area contributed by atoms with Gasteiger partial charge in [0.05, 0.1) is 0 Å². The Morgan fingerprint density at radius 1 is 0.571 bits per heavy atom. The van der Waals surface area contributed by atoms with E-state index in [-0.39, 0.29) is 24.8 Å². The highest BCUT2D eigenvalue weighted by atomic mass is 35.7. The fourth-order valence-corrected chi connectivity index (χ4v) is 7.37. The molecule has 0 unspecified atom stereocenters. The van der Waals surface area contributed by atoms with Crippen molar-refractivity contribution in [1.29, 1.82) is 0 Å². The molecule has 0 rings (SSSR count). The van der Waals surface area contributed by atoms with Gasteiger partial charge in [0.2, 0.25) is 0 Å². The normalized spacial score (nSPS) is 12.0. The summed E-state index contributed by atoms with van der Waals surface area (Å²) >= 11 is 13.7. The van der Waals surface area contributed by atoms with Crippen molar-refractivity contribution in [3.63, 3.8) is 0 Å². The summed E-state index contributed by atoms with van der Waals surface area (Å²) in [6.45, 7) is 18.1. The number of nitrogens with zero attached hydrogens (tertiary/aromatic N) is 4. The Morgan fingerprint density at radius 3 is 0.952 bits per heavy atom. The summed E-state index contributed by atoms with van der Waals surface area (Å²) in [7, 11) is -2.71. The van der Waals surface area contributed by atoms with Gasteiger partial charge in [0.1, 0.15) is 0 Å². The largest absolute Gasteiger partial charge is 0.436 e. The maximum atomic E-state index is 6.85. The van der Waals surface area contributed by atoms with E-state index in [1.54, 1.807) is 0 Å².